The fourth-order valence-electron chi connectivity index (χ4n) is 2.15. The van der Waals surface area contributed by atoms with E-state index < -0.39 is 5.97 Å². The predicted octanol–water partition coefficient (Wildman–Crippen LogP) is 1.68. The van der Waals surface area contributed by atoms with Crippen LogP contribution in [-0.2, 0) is 0 Å². The number of benzene rings is 1. The smallest absolute Gasteiger partial charge is 0.356 e. The van der Waals surface area contributed by atoms with E-state index in [9.17, 15) is 9.90 Å². The second-order valence-corrected chi connectivity index (χ2v) is 5.23. The van der Waals surface area contributed by atoms with Crippen LogP contribution < -0.4 is 4.90 Å². The molecule has 0 atom stereocenters. The van der Waals surface area contributed by atoms with Gasteiger partial charge in [-0.2, -0.15) is 0 Å². The van der Waals surface area contributed by atoms with Gasteiger partial charge in [0.2, 0.25) is 0 Å². The Kier molecular flexibility index (Phi) is 3.48. The monoisotopic (exact) mass is 305 g/mol. The first-order chi connectivity index (χ1) is 10.0. The molecule has 2 heterocycles. The quantitative estimate of drug-likeness (QED) is 0.897. The van der Waals surface area contributed by atoms with E-state index in [0.29, 0.717) is 29.6 Å². The lowest BCUT2D eigenvalue weighted by Gasteiger charge is -2.37. The number of carbonyl (C=O) groups is 1. The van der Waals surface area contributed by atoms with Crippen molar-refractivity contribution in [3.8, 4) is 11.3 Å². The van der Waals surface area contributed by atoms with Gasteiger partial charge in [-0.25, -0.2) is 14.8 Å². The molecule has 0 unspecified atom stereocenters. The van der Waals surface area contributed by atoms with E-state index in [1.54, 1.807) is 24.3 Å². The lowest BCUT2D eigenvalue weighted by atomic mass is 10.1. The Balaban J connectivity index is 2.07. The first kappa shape index (κ1) is 13.8. The van der Waals surface area contributed by atoms with E-state index in [1.807, 2.05) is 4.90 Å². The summed E-state index contributed by atoms with van der Waals surface area (Å²) in [6.07, 6.45) is 0.839. The van der Waals surface area contributed by atoms with Crippen LogP contribution >= 0.6 is 11.6 Å². The number of aromatic carboxylic acids is 1. The summed E-state index contributed by atoms with van der Waals surface area (Å²) in [7, 11) is 0. The van der Waals surface area contributed by atoms with Crippen molar-refractivity contribution in [2.75, 3.05) is 18.0 Å². The Morgan fingerprint density at radius 1 is 1.29 bits per heavy atom. The fourth-order valence-corrected chi connectivity index (χ4v) is 2.27. The Morgan fingerprint density at radius 2 is 1.95 bits per heavy atom. The third-order valence-corrected chi connectivity index (χ3v) is 3.50. The van der Waals surface area contributed by atoms with Crippen LogP contribution in [0, 0.1) is 0 Å². The van der Waals surface area contributed by atoms with Gasteiger partial charge < -0.3 is 15.1 Å². The van der Waals surface area contributed by atoms with Gasteiger partial charge in [-0.3, -0.25) is 0 Å². The predicted molar refractivity (Wildman–Crippen MR) is 77.7 cm³/mol. The van der Waals surface area contributed by atoms with Gasteiger partial charge in [-0.1, -0.05) is 23.7 Å². The number of aliphatic hydroxyl groups excluding tert-OH is 1. The number of halogens is 1. The molecule has 2 N–H and O–H groups in total. The van der Waals surface area contributed by atoms with Crippen LogP contribution in [0.15, 0.2) is 30.5 Å². The highest BCUT2D eigenvalue weighted by Gasteiger charge is 2.29. The summed E-state index contributed by atoms with van der Waals surface area (Å²) >= 11 is 5.87. The minimum atomic E-state index is -1.13. The molecule has 0 amide bonds. The van der Waals surface area contributed by atoms with E-state index in [2.05, 4.69) is 9.97 Å². The maximum Gasteiger partial charge on any atom is 0.356 e. The summed E-state index contributed by atoms with van der Waals surface area (Å²) in [5.74, 6) is -0.569. The molecule has 0 radical (unpaired) electrons. The fraction of sp³-hybridized carbons (Fsp3) is 0.214. The van der Waals surface area contributed by atoms with Crippen LogP contribution in [0.4, 0.5) is 5.82 Å². The lowest BCUT2D eigenvalue weighted by Crippen LogP contribution is -2.51. The van der Waals surface area contributed by atoms with Gasteiger partial charge in [0.15, 0.2) is 11.5 Å². The Labute approximate surface area is 125 Å². The summed E-state index contributed by atoms with van der Waals surface area (Å²) in [5.41, 5.74) is 1.08. The van der Waals surface area contributed by atoms with E-state index in [1.165, 1.54) is 6.20 Å². The van der Waals surface area contributed by atoms with Crippen LogP contribution in [0.1, 0.15) is 10.5 Å². The highest BCUT2D eigenvalue weighted by atomic mass is 35.5. The molecule has 2 aromatic rings. The number of carboxylic acid groups (broad SMARTS) is 1. The molecule has 1 aromatic carbocycles. The second kappa shape index (κ2) is 5.31. The zero-order chi connectivity index (χ0) is 15.0. The molecule has 21 heavy (non-hydrogen) atoms. The molecule has 6 nitrogen and oxygen atoms in total. The minimum Gasteiger partial charge on any atom is -0.476 e. The molecule has 1 saturated heterocycles. The molecule has 108 valence electrons. The van der Waals surface area contributed by atoms with Gasteiger partial charge in [0, 0.05) is 23.7 Å². The van der Waals surface area contributed by atoms with Crippen molar-refractivity contribution in [3.63, 3.8) is 0 Å². The molecule has 3 rings (SSSR count). The number of anilines is 1. The molecule has 1 aliphatic rings. The number of rotatable bonds is 3. The molecule has 7 heteroatoms. The zero-order valence-electron chi connectivity index (χ0n) is 10.9. The van der Waals surface area contributed by atoms with Crippen molar-refractivity contribution in [3.05, 3.63) is 41.2 Å². The summed E-state index contributed by atoms with van der Waals surface area (Å²) in [6, 6.07) is 6.94. The highest BCUT2D eigenvalue weighted by molar-refractivity contribution is 6.30. The van der Waals surface area contributed by atoms with Crippen molar-refractivity contribution in [1.82, 2.24) is 9.97 Å². The number of hydrogen-bond donors (Lipinski definition) is 2. The largest absolute Gasteiger partial charge is 0.476 e. The Bertz CT molecular complexity index is 684. The molecule has 1 aliphatic heterocycles. The molecule has 0 spiro atoms. The zero-order valence-corrected chi connectivity index (χ0v) is 11.7. The maximum absolute atomic E-state index is 11.1. The van der Waals surface area contributed by atoms with Gasteiger partial charge in [0.1, 0.15) is 5.69 Å². The standard InChI is InChI=1S/C14H12ClN3O3/c15-9-3-1-8(2-4-9)12-13(18-6-10(19)7-18)16-5-11(17-12)14(20)21/h1-5,10,19H,6-7H2,(H,20,21). The van der Waals surface area contributed by atoms with Crippen molar-refractivity contribution in [2.24, 2.45) is 0 Å². The maximum atomic E-state index is 11.1. The van der Waals surface area contributed by atoms with E-state index in [-0.39, 0.29) is 11.8 Å². The van der Waals surface area contributed by atoms with Gasteiger partial charge in [-0.15, -0.1) is 0 Å². The van der Waals surface area contributed by atoms with Crippen LogP contribution in [-0.4, -0.2) is 45.3 Å². The van der Waals surface area contributed by atoms with E-state index in [0.717, 1.165) is 5.56 Å². The average Bonchev–Trinajstić information content (AvgIpc) is 2.44. The van der Waals surface area contributed by atoms with Gasteiger partial charge in [0.25, 0.3) is 0 Å². The first-order valence-corrected chi connectivity index (χ1v) is 6.71. The summed E-state index contributed by atoms with van der Waals surface area (Å²) in [5, 5.41) is 19.1. The third kappa shape index (κ3) is 2.68. The molecule has 0 saturated carbocycles. The molecular weight excluding hydrogens is 294 g/mol. The van der Waals surface area contributed by atoms with Crippen molar-refractivity contribution >= 4 is 23.4 Å². The first-order valence-electron chi connectivity index (χ1n) is 6.34. The van der Waals surface area contributed by atoms with Crippen LogP contribution in [0.2, 0.25) is 5.02 Å². The molecule has 1 fully saturated rings. The van der Waals surface area contributed by atoms with Gasteiger partial charge in [0.05, 0.1) is 12.3 Å². The number of aromatic nitrogens is 2. The highest BCUT2D eigenvalue weighted by Crippen LogP contribution is 2.30. The number of carboxylic acids is 1. The summed E-state index contributed by atoms with van der Waals surface area (Å²) in [6.45, 7) is 0.920. The Morgan fingerprint density at radius 3 is 2.52 bits per heavy atom. The van der Waals surface area contributed by atoms with E-state index >= 15 is 0 Å². The van der Waals surface area contributed by atoms with Crippen LogP contribution in [0.5, 0.6) is 0 Å². The Hall–Kier alpha value is -2.18. The van der Waals surface area contributed by atoms with Crippen LogP contribution in [0.25, 0.3) is 11.3 Å². The number of nitrogens with zero attached hydrogens (tertiary/aromatic N) is 3. The number of hydrogen-bond acceptors (Lipinski definition) is 5. The van der Waals surface area contributed by atoms with E-state index in [4.69, 9.17) is 16.7 Å². The minimum absolute atomic E-state index is 0.121. The average molecular weight is 306 g/mol. The van der Waals surface area contributed by atoms with Gasteiger partial charge >= 0.3 is 5.97 Å². The second-order valence-electron chi connectivity index (χ2n) is 4.80. The lowest BCUT2D eigenvalue weighted by molar-refractivity contribution is 0.0690. The summed E-state index contributed by atoms with van der Waals surface area (Å²) < 4.78 is 0. The summed E-state index contributed by atoms with van der Waals surface area (Å²) in [4.78, 5) is 21.3. The number of β-amino-alcohol motifs (C(OH)–C–C–N with tert-alkyl or cyclic N) is 1. The van der Waals surface area contributed by atoms with Crippen molar-refractivity contribution in [2.45, 2.75) is 6.10 Å². The topological polar surface area (TPSA) is 86.5 Å². The third-order valence-electron chi connectivity index (χ3n) is 3.25. The molecule has 0 aliphatic carbocycles. The SMILES string of the molecule is O=C(O)c1cnc(N2CC(O)C2)c(-c2ccc(Cl)cc2)n1. The van der Waals surface area contributed by atoms with Gasteiger partial charge in [-0.05, 0) is 12.1 Å². The molecular formula is C14H12ClN3O3. The molecule has 0 bridgehead atoms. The van der Waals surface area contributed by atoms with Crippen molar-refractivity contribution < 1.29 is 15.0 Å². The van der Waals surface area contributed by atoms with Crippen molar-refractivity contribution in [1.29, 1.82) is 0 Å². The van der Waals surface area contributed by atoms with Crippen LogP contribution in [0.3, 0.4) is 0 Å². The normalized spacial score (nSPS) is 14.9. The number of aliphatic hydroxyl groups is 1. The molecule has 1 aromatic heterocycles.